The molecule has 7 nitrogen and oxygen atoms in total. The summed E-state index contributed by atoms with van der Waals surface area (Å²) in [5.41, 5.74) is 8.80. The van der Waals surface area contributed by atoms with Gasteiger partial charge < -0.3 is 20.4 Å². The number of aromatic nitrogens is 4. The minimum Gasteiger partial charge on any atom is -0.497 e. The first-order chi connectivity index (χ1) is 15.7. The quantitative estimate of drug-likeness (QED) is 0.408. The van der Waals surface area contributed by atoms with Crippen molar-refractivity contribution < 1.29 is 4.74 Å². The molecule has 0 amide bonds. The molecule has 0 bridgehead atoms. The fourth-order valence-electron chi connectivity index (χ4n) is 4.14. The molecule has 0 aliphatic carbocycles. The van der Waals surface area contributed by atoms with Crippen LogP contribution in [0, 0.1) is 5.92 Å². The Kier molecular flexibility index (Phi) is 6.29. The maximum Gasteiger partial charge on any atom is 0.175 e. The number of ether oxygens (including phenoxy) is 1. The number of hydrogen-bond donors (Lipinski definition) is 2. The van der Waals surface area contributed by atoms with Crippen LogP contribution in [-0.2, 0) is 6.54 Å². The van der Waals surface area contributed by atoms with Gasteiger partial charge in [0.25, 0.3) is 0 Å². The molecular weight excluding hydrogens is 440 g/mol. The second kappa shape index (κ2) is 9.48. The maximum absolute atomic E-state index is 6.16. The Morgan fingerprint density at radius 2 is 2.12 bits per heavy atom. The fourth-order valence-corrected chi connectivity index (χ4v) is 6.06. The highest BCUT2D eigenvalue weighted by atomic mass is 32.2. The fraction of sp³-hybridized carbons (Fsp3) is 0.348. The lowest BCUT2D eigenvalue weighted by Gasteiger charge is -2.23. The molecule has 1 saturated heterocycles. The lowest BCUT2D eigenvalue weighted by molar-refractivity contribution is 0.335. The minimum absolute atomic E-state index is 0.418. The van der Waals surface area contributed by atoms with Crippen LogP contribution < -0.4 is 15.8 Å². The summed E-state index contributed by atoms with van der Waals surface area (Å²) in [6.07, 6.45) is 5.05. The molecule has 3 N–H and O–H groups in total. The van der Waals surface area contributed by atoms with Gasteiger partial charge in [-0.1, -0.05) is 17.8 Å². The first kappa shape index (κ1) is 21.2. The van der Waals surface area contributed by atoms with Gasteiger partial charge in [0.2, 0.25) is 0 Å². The summed E-state index contributed by atoms with van der Waals surface area (Å²) in [4.78, 5) is 15.9. The molecule has 5 rings (SSSR count). The summed E-state index contributed by atoms with van der Waals surface area (Å²) in [5.74, 6) is 1.95. The van der Waals surface area contributed by atoms with E-state index in [-0.39, 0.29) is 0 Å². The van der Waals surface area contributed by atoms with Crippen LogP contribution in [0.2, 0.25) is 0 Å². The minimum atomic E-state index is 0.418. The molecule has 1 aromatic carbocycles. The highest BCUT2D eigenvalue weighted by Gasteiger charge is 2.20. The van der Waals surface area contributed by atoms with Crippen molar-refractivity contribution in [3.05, 3.63) is 42.0 Å². The Morgan fingerprint density at radius 3 is 2.91 bits per heavy atom. The second-order valence-corrected chi connectivity index (χ2v) is 9.86. The predicted octanol–water partition coefficient (Wildman–Crippen LogP) is 4.69. The van der Waals surface area contributed by atoms with E-state index in [1.54, 1.807) is 30.2 Å². The summed E-state index contributed by atoms with van der Waals surface area (Å²) in [6.45, 7) is 3.05. The van der Waals surface area contributed by atoms with Crippen molar-refractivity contribution in [1.29, 1.82) is 0 Å². The Labute approximate surface area is 195 Å². The van der Waals surface area contributed by atoms with E-state index < -0.39 is 0 Å². The molecule has 32 heavy (non-hydrogen) atoms. The molecular formula is C23H26N6OS2. The van der Waals surface area contributed by atoms with Gasteiger partial charge in [-0.2, -0.15) is 0 Å². The number of rotatable bonds is 7. The molecule has 0 radical (unpaired) electrons. The molecule has 1 aliphatic heterocycles. The van der Waals surface area contributed by atoms with Gasteiger partial charge >= 0.3 is 0 Å². The van der Waals surface area contributed by atoms with Gasteiger partial charge in [0.05, 0.1) is 7.11 Å². The molecule has 4 heterocycles. The monoisotopic (exact) mass is 466 g/mol. The molecule has 3 aromatic heterocycles. The van der Waals surface area contributed by atoms with Gasteiger partial charge in [0, 0.05) is 21.9 Å². The molecule has 0 atom stereocenters. The number of anilines is 1. The predicted molar refractivity (Wildman–Crippen MR) is 130 cm³/mol. The van der Waals surface area contributed by atoms with E-state index in [4.69, 9.17) is 15.5 Å². The van der Waals surface area contributed by atoms with Gasteiger partial charge in [-0.15, -0.1) is 11.3 Å². The van der Waals surface area contributed by atoms with Crippen LogP contribution in [0.25, 0.3) is 21.6 Å². The van der Waals surface area contributed by atoms with E-state index in [1.807, 2.05) is 6.07 Å². The number of fused-ring (bicyclic) bond motifs is 1. The van der Waals surface area contributed by atoms with Crippen molar-refractivity contribution in [1.82, 2.24) is 24.8 Å². The maximum atomic E-state index is 6.16. The van der Waals surface area contributed by atoms with Crippen molar-refractivity contribution in [2.24, 2.45) is 5.92 Å². The third-order valence-corrected chi connectivity index (χ3v) is 7.88. The second-order valence-electron chi connectivity index (χ2n) is 7.90. The number of methoxy groups -OCH3 is 1. The molecule has 0 unspecified atom stereocenters. The molecule has 1 aliphatic rings. The number of nitrogens with zero attached hydrogens (tertiary/aromatic N) is 4. The number of imidazole rings is 1. The number of nitrogens with two attached hydrogens (primary N) is 1. The number of nitrogen functional groups attached to an aromatic ring is 1. The zero-order chi connectivity index (χ0) is 21.9. The molecule has 4 aromatic rings. The normalized spacial score (nSPS) is 14.8. The summed E-state index contributed by atoms with van der Waals surface area (Å²) < 4.78 is 7.72. The standard InChI is InChI=1S/C23H26N6OS2/c1-30-16-4-5-17(18-3-2-12-31-18)19(13-16)32-23-28-20-21(24)26-14-27-22(20)29(23)11-8-15-6-9-25-10-7-15/h2-5,12-15,25H,6-11H2,1H3,(H2,24,26,27). The zero-order valence-electron chi connectivity index (χ0n) is 18.0. The van der Waals surface area contributed by atoms with Gasteiger partial charge in [0.1, 0.15) is 12.1 Å². The molecule has 9 heteroatoms. The van der Waals surface area contributed by atoms with Gasteiger partial charge in [-0.3, -0.25) is 0 Å². The Hall–Kier alpha value is -2.62. The van der Waals surface area contributed by atoms with E-state index in [1.165, 1.54) is 29.6 Å². The molecule has 0 saturated carbocycles. The van der Waals surface area contributed by atoms with Crippen molar-refractivity contribution in [2.75, 3.05) is 25.9 Å². The molecule has 1 fully saturated rings. The largest absolute Gasteiger partial charge is 0.497 e. The first-order valence-electron chi connectivity index (χ1n) is 10.8. The van der Waals surface area contributed by atoms with Gasteiger partial charge in [-0.25, -0.2) is 15.0 Å². The van der Waals surface area contributed by atoms with Crippen LogP contribution in [0.15, 0.2) is 52.1 Å². The first-order valence-corrected chi connectivity index (χ1v) is 12.5. The Bertz CT molecular complexity index is 1200. The highest BCUT2D eigenvalue weighted by molar-refractivity contribution is 7.99. The number of benzene rings is 1. The van der Waals surface area contributed by atoms with Crippen LogP contribution >= 0.6 is 23.1 Å². The lowest BCUT2D eigenvalue weighted by atomic mass is 9.95. The number of hydrogen-bond acceptors (Lipinski definition) is 8. The third-order valence-electron chi connectivity index (χ3n) is 5.92. The molecule has 0 spiro atoms. The van der Waals surface area contributed by atoms with Crippen LogP contribution in [0.1, 0.15) is 19.3 Å². The average molecular weight is 467 g/mol. The smallest absolute Gasteiger partial charge is 0.175 e. The van der Waals surface area contributed by atoms with E-state index in [9.17, 15) is 0 Å². The van der Waals surface area contributed by atoms with Crippen LogP contribution in [0.3, 0.4) is 0 Å². The highest BCUT2D eigenvalue weighted by Crippen LogP contribution is 2.40. The van der Waals surface area contributed by atoms with Crippen molar-refractivity contribution >= 4 is 40.1 Å². The van der Waals surface area contributed by atoms with Gasteiger partial charge in [0.15, 0.2) is 22.1 Å². The van der Waals surface area contributed by atoms with Crippen molar-refractivity contribution in [2.45, 2.75) is 35.9 Å². The van der Waals surface area contributed by atoms with E-state index in [0.717, 1.165) is 47.5 Å². The summed E-state index contributed by atoms with van der Waals surface area (Å²) >= 11 is 3.36. The van der Waals surface area contributed by atoms with Crippen LogP contribution in [-0.4, -0.2) is 39.7 Å². The topological polar surface area (TPSA) is 90.9 Å². The number of nitrogens with one attached hydrogen (secondary N) is 1. The number of aryl methyl sites for hydroxylation is 1. The lowest BCUT2D eigenvalue weighted by Crippen LogP contribution is -2.28. The van der Waals surface area contributed by atoms with Crippen LogP contribution in [0.4, 0.5) is 5.82 Å². The van der Waals surface area contributed by atoms with Gasteiger partial charge in [-0.05, 0) is 67.9 Å². The van der Waals surface area contributed by atoms with Crippen LogP contribution in [0.5, 0.6) is 5.75 Å². The van der Waals surface area contributed by atoms with Crippen molar-refractivity contribution in [3.8, 4) is 16.2 Å². The summed E-state index contributed by atoms with van der Waals surface area (Å²) in [6, 6.07) is 10.4. The summed E-state index contributed by atoms with van der Waals surface area (Å²) in [5, 5.41) is 6.43. The number of piperidine rings is 1. The SMILES string of the molecule is COc1ccc(-c2cccs2)c(Sc2nc3c(N)ncnc3n2CCC2CCNCC2)c1. The number of thiophene rings is 1. The van der Waals surface area contributed by atoms with E-state index in [2.05, 4.69) is 49.5 Å². The van der Waals surface area contributed by atoms with E-state index in [0.29, 0.717) is 17.3 Å². The molecule has 166 valence electrons. The summed E-state index contributed by atoms with van der Waals surface area (Å²) in [7, 11) is 1.69. The zero-order valence-corrected chi connectivity index (χ0v) is 19.6. The third kappa shape index (κ3) is 4.32. The Morgan fingerprint density at radius 1 is 1.25 bits per heavy atom. The van der Waals surface area contributed by atoms with E-state index >= 15 is 0 Å². The Balaban J connectivity index is 1.53. The van der Waals surface area contributed by atoms with Crippen molar-refractivity contribution in [3.63, 3.8) is 0 Å². The average Bonchev–Trinajstić information content (AvgIpc) is 3.47.